The Morgan fingerprint density at radius 2 is 1.62 bits per heavy atom. The summed E-state index contributed by atoms with van der Waals surface area (Å²) in [6, 6.07) is 5.54. The van der Waals surface area contributed by atoms with Gasteiger partial charge in [-0.2, -0.15) is 0 Å². The monoisotopic (exact) mass is 218 g/mol. The Kier molecular flexibility index (Phi) is 3.99. The van der Waals surface area contributed by atoms with Gasteiger partial charge >= 0.3 is 0 Å². The van der Waals surface area contributed by atoms with Crippen molar-refractivity contribution in [2.45, 2.75) is 34.1 Å². The fraction of sp³-hybridized carbons (Fsp3) is 0.429. The van der Waals surface area contributed by atoms with E-state index in [-0.39, 0.29) is 11.6 Å². The molecule has 0 amide bonds. The average molecular weight is 218 g/mol. The number of carbonyl (C=O) groups excluding carboxylic acids is 2. The van der Waals surface area contributed by atoms with Gasteiger partial charge in [0.05, 0.1) is 0 Å². The topological polar surface area (TPSA) is 34.1 Å². The second-order valence-corrected chi connectivity index (χ2v) is 4.59. The highest BCUT2D eigenvalue weighted by Crippen LogP contribution is 2.16. The van der Waals surface area contributed by atoms with Gasteiger partial charge in [-0.15, -0.1) is 0 Å². The van der Waals surface area contributed by atoms with E-state index in [9.17, 15) is 9.59 Å². The van der Waals surface area contributed by atoms with Crippen LogP contribution in [0.5, 0.6) is 0 Å². The molecule has 0 unspecified atom stereocenters. The molecule has 0 spiro atoms. The first-order valence-electron chi connectivity index (χ1n) is 5.56. The van der Waals surface area contributed by atoms with E-state index in [4.69, 9.17) is 0 Å². The molecule has 0 radical (unpaired) electrons. The lowest BCUT2D eigenvalue weighted by molar-refractivity contribution is 0.0980. The zero-order valence-electron chi connectivity index (χ0n) is 10.3. The number of carbonyl (C=O) groups is 2. The summed E-state index contributed by atoms with van der Waals surface area (Å²) in [6.45, 7) is 7.25. The number of ketones is 2. The molecule has 0 heterocycles. The maximum Gasteiger partial charge on any atom is 0.160 e. The van der Waals surface area contributed by atoms with E-state index in [1.807, 2.05) is 12.1 Å². The van der Waals surface area contributed by atoms with E-state index < -0.39 is 0 Å². The third-order valence-corrected chi connectivity index (χ3v) is 2.49. The minimum absolute atomic E-state index is 0.0455. The molecule has 0 saturated carbocycles. The van der Waals surface area contributed by atoms with E-state index in [1.165, 1.54) is 13.8 Å². The second-order valence-electron chi connectivity index (χ2n) is 4.59. The summed E-state index contributed by atoms with van der Waals surface area (Å²) >= 11 is 0. The molecule has 2 heteroatoms. The third-order valence-electron chi connectivity index (χ3n) is 2.49. The Bertz CT molecular complexity index is 417. The largest absolute Gasteiger partial charge is 0.294 e. The highest BCUT2D eigenvalue weighted by atomic mass is 16.1. The van der Waals surface area contributed by atoms with Crippen LogP contribution in [0.2, 0.25) is 0 Å². The SMILES string of the molecule is CC(=O)c1ccc(CC(C)C)cc1C(C)=O. The van der Waals surface area contributed by atoms with E-state index >= 15 is 0 Å². The van der Waals surface area contributed by atoms with Gasteiger partial charge < -0.3 is 0 Å². The van der Waals surface area contributed by atoms with Crippen LogP contribution in [0.1, 0.15) is 54.0 Å². The maximum absolute atomic E-state index is 11.5. The first kappa shape index (κ1) is 12.6. The fourth-order valence-corrected chi connectivity index (χ4v) is 1.79. The lowest BCUT2D eigenvalue weighted by atomic mass is 9.95. The van der Waals surface area contributed by atoms with E-state index in [0.29, 0.717) is 17.0 Å². The Morgan fingerprint density at radius 1 is 1.06 bits per heavy atom. The summed E-state index contributed by atoms with van der Waals surface area (Å²) in [6.07, 6.45) is 0.929. The van der Waals surface area contributed by atoms with Crippen LogP contribution in [0.4, 0.5) is 0 Å². The van der Waals surface area contributed by atoms with Crippen molar-refractivity contribution in [3.8, 4) is 0 Å². The fourth-order valence-electron chi connectivity index (χ4n) is 1.79. The minimum Gasteiger partial charge on any atom is -0.294 e. The molecule has 0 atom stereocenters. The average Bonchev–Trinajstić information content (AvgIpc) is 2.16. The quantitative estimate of drug-likeness (QED) is 0.727. The maximum atomic E-state index is 11.5. The summed E-state index contributed by atoms with van der Waals surface area (Å²) in [5, 5.41) is 0. The van der Waals surface area contributed by atoms with Crippen molar-refractivity contribution in [2.24, 2.45) is 5.92 Å². The first-order valence-corrected chi connectivity index (χ1v) is 5.56. The van der Waals surface area contributed by atoms with Crippen LogP contribution in [0.15, 0.2) is 18.2 Å². The molecule has 0 bridgehead atoms. The molecule has 0 aliphatic carbocycles. The standard InChI is InChI=1S/C14H18O2/c1-9(2)7-12-5-6-13(10(3)15)14(8-12)11(4)16/h5-6,8-9H,7H2,1-4H3. The molecule has 0 aliphatic rings. The molecule has 86 valence electrons. The van der Waals surface area contributed by atoms with Crippen LogP contribution < -0.4 is 0 Å². The second kappa shape index (κ2) is 5.06. The summed E-state index contributed by atoms with van der Waals surface area (Å²) in [4.78, 5) is 22.8. The lowest BCUT2D eigenvalue weighted by Gasteiger charge is -2.09. The number of benzene rings is 1. The Morgan fingerprint density at radius 3 is 2.06 bits per heavy atom. The number of Topliss-reactive ketones (excluding diaryl/α,β-unsaturated/α-hetero) is 2. The van der Waals surface area contributed by atoms with Crippen molar-refractivity contribution in [2.75, 3.05) is 0 Å². The van der Waals surface area contributed by atoms with Crippen molar-refractivity contribution in [1.82, 2.24) is 0 Å². The highest BCUT2D eigenvalue weighted by Gasteiger charge is 2.12. The van der Waals surface area contributed by atoms with Crippen LogP contribution in [-0.4, -0.2) is 11.6 Å². The van der Waals surface area contributed by atoms with E-state index in [2.05, 4.69) is 13.8 Å². The van der Waals surface area contributed by atoms with Gasteiger partial charge in [-0.3, -0.25) is 9.59 Å². The normalized spacial score (nSPS) is 10.6. The molecular formula is C14H18O2. The Labute approximate surface area is 96.7 Å². The van der Waals surface area contributed by atoms with Gasteiger partial charge in [0, 0.05) is 11.1 Å². The molecule has 0 aliphatic heterocycles. The summed E-state index contributed by atoms with van der Waals surface area (Å²) in [7, 11) is 0. The van der Waals surface area contributed by atoms with Crippen molar-refractivity contribution >= 4 is 11.6 Å². The lowest BCUT2D eigenvalue weighted by Crippen LogP contribution is -2.06. The van der Waals surface area contributed by atoms with Crippen molar-refractivity contribution < 1.29 is 9.59 Å². The van der Waals surface area contributed by atoms with Gasteiger partial charge in [-0.25, -0.2) is 0 Å². The first-order chi connectivity index (χ1) is 7.41. The van der Waals surface area contributed by atoms with Crippen LogP contribution in [0.25, 0.3) is 0 Å². The predicted molar refractivity (Wildman–Crippen MR) is 65.0 cm³/mol. The van der Waals surface area contributed by atoms with E-state index in [1.54, 1.807) is 6.07 Å². The van der Waals surface area contributed by atoms with Crippen molar-refractivity contribution in [3.05, 3.63) is 34.9 Å². The minimum atomic E-state index is -0.0544. The van der Waals surface area contributed by atoms with Gasteiger partial charge in [0.15, 0.2) is 11.6 Å². The molecule has 0 fully saturated rings. The molecule has 0 saturated heterocycles. The number of rotatable bonds is 4. The molecule has 1 aromatic carbocycles. The molecule has 1 rings (SSSR count). The zero-order chi connectivity index (χ0) is 12.3. The number of hydrogen-bond acceptors (Lipinski definition) is 2. The molecule has 2 nitrogen and oxygen atoms in total. The molecule has 0 aromatic heterocycles. The molecule has 16 heavy (non-hydrogen) atoms. The summed E-state index contributed by atoms with van der Waals surface area (Å²) in [5.41, 5.74) is 2.19. The number of hydrogen-bond donors (Lipinski definition) is 0. The van der Waals surface area contributed by atoms with Gasteiger partial charge in [0.2, 0.25) is 0 Å². The third kappa shape index (κ3) is 3.02. The summed E-state index contributed by atoms with van der Waals surface area (Å²) in [5.74, 6) is 0.445. The van der Waals surface area contributed by atoms with Crippen LogP contribution in [-0.2, 0) is 6.42 Å². The van der Waals surface area contributed by atoms with Crippen LogP contribution in [0.3, 0.4) is 0 Å². The van der Waals surface area contributed by atoms with E-state index in [0.717, 1.165) is 12.0 Å². The van der Waals surface area contributed by atoms with Crippen LogP contribution in [0, 0.1) is 5.92 Å². The van der Waals surface area contributed by atoms with Gasteiger partial charge in [-0.05, 0) is 37.8 Å². The Balaban J connectivity index is 3.17. The molecule has 1 aromatic rings. The van der Waals surface area contributed by atoms with Crippen molar-refractivity contribution in [3.63, 3.8) is 0 Å². The summed E-state index contributed by atoms with van der Waals surface area (Å²) < 4.78 is 0. The smallest absolute Gasteiger partial charge is 0.160 e. The van der Waals surface area contributed by atoms with Crippen LogP contribution >= 0.6 is 0 Å². The molecule has 0 N–H and O–H groups in total. The van der Waals surface area contributed by atoms with Gasteiger partial charge in [0.1, 0.15) is 0 Å². The highest BCUT2D eigenvalue weighted by molar-refractivity contribution is 6.07. The predicted octanol–water partition coefficient (Wildman–Crippen LogP) is 3.29. The molecular weight excluding hydrogens is 200 g/mol. The van der Waals surface area contributed by atoms with Crippen molar-refractivity contribution in [1.29, 1.82) is 0 Å². The Hall–Kier alpha value is -1.44. The van der Waals surface area contributed by atoms with Gasteiger partial charge in [0.25, 0.3) is 0 Å². The van der Waals surface area contributed by atoms with Gasteiger partial charge in [-0.1, -0.05) is 26.0 Å². The zero-order valence-corrected chi connectivity index (χ0v) is 10.3.